The van der Waals surface area contributed by atoms with Crippen LogP contribution in [-0.4, -0.2) is 90.8 Å². The van der Waals surface area contributed by atoms with Crippen LogP contribution in [0.15, 0.2) is 0 Å². The summed E-state index contributed by atoms with van der Waals surface area (Å²) in [5, 5.41) is 8.99. The number of likely N-dealkylation sites (N-methyl/N-ethyl adjacent to an activating group) is 1. The zero-order chi connectivity index (χ0) is 13.1. The third kappa shape index (κ3) is 2.73. The molecule has 1 atom stereocenters. The van der Waals surface area contributed by atoms with Crippen LogP contribution in [0.5, 0.6) is 0 Å². The zero-order valence-electron chi connectivity index (χ0n) is 10.5. The minimum atomic E-state index is -0.945. The Labute approximate surface area is 106 Å². The van der Waals surface area contributed by atoms with Crippen molar-refractivity contribution in [3.05, 3.63) is 0 Å². The van der Waals surface area contributed by atoms with Crippen molar-refractivity contribution in [2.75, 3.05) is 53.0 Å². The van der Waals surface area contributed by atoms with E-state index in [1.54, 1.807) is 4.90 Å². The SMILES string of the molecule is CN1C(=O)N(CCN2CCOCC2)CC1C(=O)O. The number of aliphatic carboxylic acids is 1. The van der Waals surface area contributed by atoms with Gasteiger partial charge in [0.2, 0.25) is 0 Å². The second kappa shape index (κ2) is 5.53. The predicted octanol–water partition coefficient (Wildman–Crippen LogP) is -0.861. The maximum Gasteiger partial charge on any atom is 0.328 e. The van der Waals surface area contributed by atoms with Gasteiger partial charge in [-0.05, 0) is 0 Å². The van der Waals surface area contributed by atoms with Gasteiger partial charge in [0, 0.05) is 33.2 Å². The highest BCUT2D eigenvalue weighted by Gasteiger charge is 2.38. The van der Waals surface area contributed by atoms with Gasteiger partial charge in [-0.25, -0.2) is 9.59 Å². The van der Waals surface area contributed by atoms with Gasteiger partial charge in [0.25, 0.3) is 0 Å². The number of nitrogens with zero attached hydrogens (tertiary/aromatic N) is 3. The van der Waals surface area contributed by atoms with E-state index in [0.29, 0.717) is 6.54 Å². The lowest BCUT2D eigenvalue weighted by atomic mass is 10.3. The van der Waals surface area contributed by atoms with Crippen LogP contribution in [0.1, 0.15) is 0 Å². The molecule has 2 amide bonds. The molecule has 0 aromatic heterocycles. The number of ether oxygens (including phenoxy) is 1. The van der Waals surface area contributed by atoms with Gasteiger partial charge in [0.1, 0.15) is 6.04 Å². The van der Waals surface area contributed by atoms with Crippen LogP contribution < -0.4 is 0 Å². The van der Waals surface area contributed by atoms with Crippen LogP contribution in [0.3, 0.4) is 0 Å². The molecule has 7 heteroatoms. The molecule has 7 nitrogen and oxygen atoms in total. The number of carboxylic acid groups (broad SMARTS) is 1. The highest BCUT2D eigenvalue weighted by Crippen LogP contribution is 2.14. The second-order valence-electron chi connectivity index (χ2n) is 4.65. The van der Waals surface area contributed by atoms with Crippen molar-refractivity contribution in [2.24, 2.45) is 0 Å². The fourth-order valence-electron chi connectivity index (χ4n) is 2.28. The van der Waals surface area contributed by atoms with Crippen LogP contribution in [0.4, 0.5) is 4.79 Å². The molecule has 2 aliphatic heterocycles. The second-order valence-corrected chi connectivity index (χ2v) is 4.65. The number of hydrogen-bond donors (Lipinski definition) is 1. The molecule has 0 aromatic carbocycles. The van der Waals surface area contributed by atoms with Crippen LogP contribution in [0.2, 0.25) is 0 Å². The van der Waals surface area contributed by atoms with Gasteiger partial charge in [-0.2, -0.15) is 0 Å². The lowest BCUT2D eigenvalue weighted by molar-refractivity contribution is -0.140. The van der Waals surface area contributed by atoms with Crippen molar-refractivity contribution in [1.29, 1.82) is 0 Å². The quantitative estimate of drug-likeness (QED) is 0.709. The molecule has 0 bridgehead atoms. The first-order chi connectivity index (χ1) is 8.59. The molecule has 0 aromatic rings. The van der Waals surface area contributed by atoms with E-state index in [1.807, 2.05) is 0 Å². The summed E-state index contributed by atoms with van der Waals surface area (Å²) in [6.45, 7) is 4.83. The average Bonchev–Trinajstić information content (AvgIpc) is 2.65. The molecule has 1 N–H and O–H groups in total. The number of hydrogen-bond acceptors (Lipinski definition) is 4. The Morgan fingerprint density at radius 1 is 1.39 bits per heavy atom. The minimum absolute atomic E-state index is 0.198. The molecule has 2 saturated heterocycles. The highest BCUT2D eigenvalue weighted by molar-refractivity contribution is 5.86. The molecule has 18 heavy (non-hydrogen) atoms. The number of carbonyl (C=O) groups excluding carboxylic acids is 1. The summed E-state index contributed by atoms with van der Waals surface area (Å²) in [6, 6.07) is -0.919. The van der Waals surface area contributed by atoms with Crippen molar-refractivity contribution in [2.45, 2.75) is 6.04 Å². The first-order valence-corrected chi connectivity index (χ1v) is 6.14. The van der Waals surface area contributed by atoms with Gasteiger partial charge in [0.15, 0.2) is 0 Å². The fraction of sp³-hybridized carbons (Fsp3) is 0.818. The third-order valence-corrected chi connectivity index (χ3v) is 3.51. The van der Waals surface area contributed by atoms with E-state index in [1.165, 1.54) is 11.9 Å². The smallest absolute Gasteiger partial charge is 0.328 e. The number of amides is 2. The van der Waals surface area contributed by atoms with Gasteiger partial charge < -0.3 is 19.6 Å². The van der Waals surface area contributed by atoms with E-state index in [-0.39, 0.29) is 12.6 Å². The number of carboxylic acids is 1. The van der Waals surface area contributed by atoms with Crippen LogP contribution >= 0.6 is 0 Å². The average molecular weight is 257 g/mol. The summed E-state index contributed by atoms with van der Waals surface area (Å²) in [5.74, 6) is -0.945. The Morgan fingerprint density at radius 2 is 2.06 bits per heavy atom. The fourth-order valence-corrected chi connectivity index (χ4v) is 2.28. The van der Waals surface area contributed by atoms with Gasteiger partial charge in [0.05, 0.1) is 19.8 Å². The maximum absolute atomic E-state index is 11.8. The summed E-state index contributed by atoms with van der Waals surface area (Å²) in [6.07, 6.45) is 0. The molecular formula is C11H19N3O4. The molecule has 2 fully saturated rings. The van der Waals surface area contributed by atoms with Gasteiger partial charge in [-0.3, -0.25) is 4.90 Å². The Balaban J connectivity index is 1.82. The van der Waals surface area contributed by atoms with Crippen molar-refractivity contribution < 1.29 is 19.4 Å². The normalized spacial score (nSPS) is 25.8. The topological polar surface area (TPSA) is 73.3 Å². The van der Waals surface area contributed by atoms with Gasteiger partial charge >= 0.3 is 12.0 Å². The van der Waals surface area contributed by atoms with Crippen molar-refractivity contribution in [3.63, 3.8) is 0 Å². The number of carbonyl (C=O) groups is 2. The van der Waals surface area contributed by atoms with Gasteiger partial charge in [-0.15, -0.1) is 0 Å². The molecule has 2 heterocycles. The molecule has 0 spiro atoms. The van der Waals surface area contributed by atoms with E-state index in [2.05, 4.69) is 4.90 Å². The summed E-state index contributed by atoms with van der Waals surface area (Å²) in [7, 11) is 1.54. The standard InChI is InChI=1S/C11H19N3O4/c1-12-9(10(15)16)8-14(11(12)17)3-2-13-4-6-18-7-5-13/h9H,2-8H2,1H3,(H,15,16). The molecule has 0 aliphatic carbocycles. The molecule has 2 aliphatic rings. The van der Waals surface area contributed by atoms with E-state index in [9.17, 15) is 9.59 Å². The van der Waals surface area contributed by atoms with E-state index in [0.717, 1.165) is 32.8 Å². The Hall–Kier alpha value is -1.34. The van der Waals surface area contributed by atoms with Crippen molar-refractivity contribution in [3.8, 4) is 0 Å². The molecule has 0 radical (unpaired) electrons. The first-order valence-electron chi connectivity index (χ1n) is 6.14. The molecule has 2 rings (SSSR count). The number of morpholine rings is 1. The third-order valence-electron chi connectivity index (χ3n) is 3.51. The lowest BCUT2D eigenvalue weighted by Gasteiger charge is -2.28. The first kappa shape index (κ1) is 13.1. The molecule has 0 saturated carbocycles. The van der Waals surface area contributed by atoms with Crippen LogP contribution in [0, 0.1) is 0 Å². The minimum Gasteiger partial charge on any atom is -0.480 e. The van der Waals surface area contributed by atoms with Crippen molar-refractivity contribution in [1.82, 2.24) is 14.7 Å². The lowest BCUT2D eigenvalue weighted by Crippen LogP contribution is -2.42. The van der Waals surface area contributed by atoms with Crippen LogP contribution in [-0.2, 0) is 9.53 Å². The highest BCUT2D eigenvalue weighted by atomic mass is 16.5. The Kier molecular flexibility index (Phi) is 4.03. The van der Waals surface area contributed by atoms with E-state index >= 15 is 0 Å². The van der Waals surface area contributed by atoms with E-state index in [4.69, 9.17) is 9.84 Å². The molecule has 102 valence electrons. The maximum atomic E-state index is 11.8. The zero-order valence-corrected chi connectivity index (χ0v) is 10.5. The molecular weight excluding hydrogens is 238 g/mol. The molecule has 1 unspecified atom stereocenters. The Bertz CT molecular complexity index is 330. The summed E-state index contributed by atoms with van der Waals surface area (Å²) >= 11 is 0. The van der Waals surface area contributed by atoms with Gasteiger partial charge in [-0.1, -0.05) is 0 Å². The monoisotopic (exact) mass is 257 g/mol. The number of rotatable bonds is 4. The largest absolute Gasteiger partial charge is 0.480 e. The van der Waals surface area contributed by atoms with Crippen LogP contribution in [0.25, 0.3) is 0 Å². The summed E-state index contributed by atoms with van der Waals surface area (Å²) < 4.78 is 5.25. The predicted molar refractivity (Wildman–Crippen MR) is 63.4 cm³/mol. The number of urea groups is 1. The summed E-state index contributed by atoms with van der Waals surface area (Å²) in [4.78, 5) is 27.9. The Morgan fingerprint density at radius 3 is 2.61 bits per heavy atom. The summed E-state index contributed by atoms with van der Waals surface area (Å²) in [5.41, 5.74) is 0. The van der Waals surface area contributed by atoms with Crippen molar-refractivity contribution >= 4 is 12.0 Å². The van der Waals surface area contributed by atoms with E-state index < -0.39 is 12.0 Å².